The zero-order valence-corrected chi connectivity index (χ0v) is 12.6. The molecular formula is C15H16BrN3O. The Bertz CT molecular complexity index is 543. The molecule has 4 nitrogen and oxygen atoms in total. The molecule has 0 bridgehead atoms. The maximum absolute atomic E-state index is 11.7. The summed E-state index contributed by atoms with van der Waals surface area (Å²) in [6, 6.07) is 13.8. The van der Waals surface area contributed by atoms with Crippen molar-refractivity contribution in [2.24, 2.45) is 0 Å². The normalized spacial score (nSPS) is 10.1. The van der Waals surface area contributed by atoms with Crippen LogP contribution in [0.1, 0.15) is 5.56 Å². The van der Waals surface area contributed by atoms with Gasteiger partial charge in [-0.25, -0.2) is 4.98 Å². The SMILES string of the molecule is O=C(CNc1ccc(Br)cn1)NCCc1ccccc1. The fourth-order valence-corrected chi connectivity index (χ4v) is 1.94. The molecule has 0 radical (unpaired) electrons. The van der Waals surface area contributed by atoms with E-state index in [-0.39, 0.29) is 12.5 Å². The van der Waals surface area contributed by atoms with Crippen LogP contribution >= 0.6 is 15.9 Å². The minimum atomic E-state index is -0.0364. The van der Waals surface area contributed by atoms with E-state index in [4.69, 9.17) is 0 Å². The number of amides is 1. The highest BCUT2D eigenvalue weighted by atomic mass is 79.9. The first-order chi connectivity index (χ1) is 9.74. The Morgan fingerprint density at radius 1 is 1.15 bits per heavy atom. The maximum Gasteiger partial charge on any atom is 0.239 e. The molecule has 0 saturated carbocycles. The molecule has 1 aromatic carbocycles. The van der Waals surface area contributed by atoms with Crippen molar-refractivity contribution in [1.29, 1.82) is 0 Å². The van der Waals surface area contributed by atoms with Crippen LogP contribution < -0.4 is 10.6 Å². The molecule has 1 heterocycles. The Labute approximate surface area is 126 Å². The lowest BCUT2D eigenvalue weighted by Gasteiger charge is -2.07. The van der Waals surface area contributed by atoms with Gasteiger partial charge in [-0.1, -0.05) is 30.3 Å². The van der Waals surface area contributed by atoms with E-state index < -0.39 is 0 Å². The third-order valence-corrected chi connectivity index (χ3v) is 3.21. The molecular weight excluding hydrogens is 318 g/mol. The zero-order valence-electron chi connectivity index (χ0n) is 11.0. The molecule has 0 aliphatic rings. The molecule has 0 atom stereocenters. The summed E-state index contributed by atoms with van der Waals surface area (Å²) in [5.41, 5.74) is 1.22. The van der Waals surface area contributed by atoms with Gasteiger partial charge in [0.25, 0.3) is 0 Å². The van der Waals surface area contributed by atoms with Crippen molar-refractivity contribution in [1.82, 2.24) is 10.3 Å². The fraction of sp³-hybridized carbons (Fsp3) is 0.200. The van der Waals surface area contributed by atoms with E-state index in [1.807, 2.05) is 30.3 Å². The van der Waals surface area contributed by atoms with Crippen molar-refractivity contribution >= 4 is 27.7 Å². The Morgan fingerprint density at radius 3 is 2.65 bits per heavy atom. The van der Waals surface area contributed by atoms with Crippen LogP contribution in [0.2, 0.25) is 0 Å². The topological polar surface area (TPSA) is 54.0 Å². The summed E-state index contributed by atoms with van der Waals surface area (Å²) in [4.78, 5) is 15.8. The number of nitrogens with zero attached hydrogens (tertiary/aromatic N) is 1. The van der Waals surface area contributed by atoms with Gasteiger partial charge in [0.2, 0.25) is 5.91 Å². The standard InChI is InChI=1S/C15H16BrN3O/c16-13-6-7-14(18-10-13)19-11-15(20)17-9-8-12-4-2-1-3-5-12/h1-7,10H,8-9,11H2,(H,17,20)(H,18,19). The molecule has 0 saturated heterocycles. The van der Waals surface area contributed by atoms with Crippen LogP contribution in [-0.4, -0.2) is 24.0 Å². The van der Waals surface area contributed by atoms with Crippen molar-refractivity contribution in [2.75, 3.05) is 18.4 Å². The van der Waals surface area contributed by atoms with Crippen LogP contribution in [0.25, 0.3) is 0 Å². The lowest BCUT2D eigenvalue weighted by atomic mass is 10.1. The Hall–Kier alpha value is -1.88. The van der Waals surface area contributed by atoms with Crippen molar-refractivity contribution in [3.05, 3.63) is 58.7 Å². The summed E-state index contributed by atoms with van der Waals surface area (Å²) in [5.74, 6) is 0.650. The second kappa shape index (κ2) is 7.65. The first-order valence-electron chi connectivity index (χ1n) is 6.40. The van der Waals surface area contributed by atoms with Crippen LogP contribution in [0.15, 0.2) is 53.1 Å². The third kappa shape index (κ3) is 5.01. The van der Waals surface area contributed by atoms with E-state index in [0.29, 0.717) is 12.4 Å². The smallest absolute Gasteiger partial charge is 0.239 e. The minimum absolute atomic E-state index is 0.0364. The van der Waals surface area contributed by atoms with Crippen LogP contribution in [0, 0.1) is 0 Å². The van der Waals surface area contributed by atoms with E-state index in [2.05, 4.69) is 43.7 Å². The molecule has 104 valence electrons. The van der Waals surface area contributed by atoms with E-state index in [0.717, 1.165) is 10.9 Å². The molecule has 2 N–H and O–H groups in total. The van der Waals surface area contributed by atoms with Crippen LogP contribution in [0.5, 0.6) is 0 Å². The van der Waals surface area contributed by atoms with Gasteiger partial charge >= 0.3 is 0 Å². The molecule has 0 spiro atoms. The number of carbonyl (C=O) groups is 1. The average molecular weight is 334 g/mol. The molecule has 20 heavy (non-hydrogen) atoms. The maximum atomic E-state index is 11.7. The largest absolute Gasteiger partial charge is 0.361 e. The Morgan fingerprint density at radius 2 is 1.95 bits per heavy atom. The van der Waals surface area contributed by atoms with Gasteiger partial charge in [-0.15, -0.1) is 0 Å². The van der Waals surface area contributed by atoms with Gasteiger partial charge in [-0.3, -0.25) is 4.79 Å². The highest BCUT2D eigenvalue weighted by Crippen LogP contribution is 2.09. The van der Waals surface area contributed by atoms with Crippen molar-refractivity contribution in [2.45, 2.75) is 6.42 Å². The fourth-order valence-electron chi connectivity index (χ4n) is 1.70. The first-order valence-corrected chi connectivity index (χ1v) is 7.19. The lowest BCUT2D eigenvalue weighted by Crippen LogP contribution is -2.31. The monoisotopic (exact) mass is 333 g/mol. The predicted octanol–water partition coefficient (Wildman–Crippen LogP) is 2.61. The molecule has 2 aromatic rings. The predicted molar refractivity (Wildman–Crippen MR) is 83.6 cm³/mol. The third-order valence-electron chi connectivity index (χ3n) is 2.74. The molecule has 0 aliphatic carbocycles. The van der Waals surface area contributed by atoms with Crippen LogP contribution in [-0.2, 0) is 11.2 Å². The Balaban J connectivity index is 1.67. The average Bonchev–Trinajstić information content (AvgIpc) is 2.48. The number of pyridine rings is 1. The molecule has 5 heteroatoms. The zero-order chi connectivity index (χ0) is 14.2. The molecule has 1 amide bonds. The van der Waals surface area contributed by atoms with E-state index in [9.17, 15) is 4.79 Å². The van der Waals surface area contributed by atoms with Gasteiger partial charge in [0.15, 0.2) is 0 Å². The summed E-state index contributed by atoms with van der Waals surface area (Å²) in [6.45, 7) is 0.863. The second-order valence-corrected chi connectivity index (χ2v) is 5.22. The van der Waals surface area contributed by atoms with Gasteiger partial charge < -0.3 is 10.6 Å². The summed E-state index contributed by atoms with van der Waals surface area (Å²) < 4.78 is 0.912. The highest BCUT2D eigenvalue weighted by molar-refractivity contribution is 9.10. The summed E-state index contributed by atoms with van der Waals surface area (Å²) in [5, 5.41) is 5.85. The van der Waals surface area contributed by atoms with Gasteiger partial charge in [-0.05, 0) is 40.0 Å². The van der Waals surface area contributed by atoms with Crippen LogP contribution in [0.4, 0.5) is 5.82 Å². The highest BCUT2D eigenvalue weighted by Gasteiger charge is 2.01. The number of benzene rings is 1. The van der Waals surface area contributed by atoms with Gasteiger partial charge in [-0.2, -0.15) is 0 Å². The summed E-state index contributed by atoms with van der Waals surface area (Å²) in [7, 11) is 0. The first kappa shape index (κ1) is 14.5. The number of anilines is 1. The van der Waals surface area contributed by atoms with E-state index in [1.165, 1.54) is 5.56 Å². The summed E-state index contributed by atoms with van der Waals surface area (Å²) >= 11 is 3.31. The Kier molecular flexibility index (Phi) is 5.55. The number of rotatable bonds is 6. The van der Waals surface area contributed by atoms with E-state index >= 15 is 0 Å². The van der Waals surface area contributed by atoms with Crippen molar-refractivity contribution in [3.63, 3.8) is 0 Å². The molecule has 0 aliphatic heterocycles. The number of aromatic nitrogens is 1. The van der Waals surface area contributed by atoms with Gasteiger partial charge in [0.1, 0.15) is 5.82 Å². The molecule has 0 unspecified atom stereocenters. The number of hydrogen-bond donors (Lipinski definition) is 2. The van der Waals surface area contributed by atoms with Gasteiger partial charge in [0.05, 0.1) is 6.54 Å². The van der Waals surface area contributed by atoms with E-state index in [1.54, 1.807) is 6.20 Å². The number of carbonyl (C=O) groups excluding carboxylic acids is 1. The number of hydrogen-bond acceptors (Lipinski definition) is 3. The van der Waals surface area contributed by atoms with Crippen molar-refractivity contribution < 1.29 is 4.79 Å². The van der Waals surface area contributed by atoms with Crippen LogP contribution in [0.3, 0.4) is 0 Å². The quantitative estimate of drug-likeness (QED) is 0.854. The molecule has 1 aromatic heterocycles. The summed E-state index contributed by atoms with van der Waals surface area (Å²) in [6.07, 6.45) is 2.53. The number of nitrogens with one attached hydrogen (secondary N) is 2. The second-order valence-electron chi connectivity index (χ2n) is 4.30. The lowest BCUT2D eigenvalue weighted by molar-refractivity contribution is -0.119. The molecule has 0 fully saturated rings. The number of halogens is 1. The van der Waals surface area contributed by atoms with Crippen molar-refractivity contribution in [3.8, 4) is 0 Å². The minimum Gasteiger partial charge on any atom is -0.361 e. The molecule has 2 rings (SSSR count). The van der Waals surface area contributed by atoms with Gasteiger partial charge in [0, 0.05) is 17.2 Å².